The zero-order valence-corrected chi connectivity index (χ0v) is 15.7. The Morgan fingerprint density at radius 3 is 2.81 bits per heavy atom. The summed E-state index contributed by atoms with van der Waals surface area (Å²) in [4.78, 5) is 8.58. The first-order chi connectivity index (χ1) is 13.0. The van der Waals surface area contributed by atoms with Gasteiger partial charge in [0.05, 0.1) is 16.8 Å². The number of imidazole rings is 1. The molecule has 2 aromatic heterocycles. The Hall–Kier alpha value is -2.49. The highest BCUT2D eigenvalue weighted by molar-refractivity contribution is 7.89. The Bertz CT molecular complexity index is 1090. The molecule has 4 rings (SSSR count). The zero-order chi connectivity index (χ0) is 19.0. The van der Waals surface area contributed by atoms with E-state index in [2.05, 4.69) is 14.7 Å². The van der Waals surface area contributed by atoms with Gasteiger partial charge in [0, 0.05) is 37.2 Å². The van der Waals surface area contributed by atoms with Crippen molar-refractivity contribution in [1.29, 1.82) is 0 Å². The molecule has 1 fully saturated rings. The van der Waals surface area contributed by atoms with Crippen LogP contribution in [0.3, 0.4) is 0 Å². The molecule has 0 saturated carbocycles. The van der Waals surface area contributed by atoms with Gasteiger partial charge in [0.15, 0.2) is 11.5 Å². The Labute approximate surface area is 157 Å². The lowest BCUT2D eigenvalue weighted by molar-refractivity contribution is 0.0832. The van der Waals surface area contributed by atoms with Crippen LogP contribution >= 0.6 is 0 Å². The number of hydrogen-bond acceptors (Lipinski definition) is 6. The fraction of sp³-hybridized carbons (Fsp3) is 0.333. The summed E-state index contributed by atoms with van der Waals surface area (Å²) in [5.41, 5.74) is 8.91. The molecule has 0 bridgehead atoms. The number of ether oxygens (including phenoxy) is 1. The van der Waals surface area contributed by atoms with Crippen LogP contribution < -0.4 is 10.5 Å². The topological polar surface area (TPSA) is 112 Å². The SMILES string of the molecule is Cc1ccc(S(=O)(=O)NC2CCOCC2)cc1-c1cnc2c(N)nccn12. The molecular formula is C18H21N5O3S. The van der Waals surface area contributed by atoms with Crippen molar-refractivity contribution >= 4 is 21.5 Å². The zero-order valence-electron chi connectivity index (χ0n) is 14.9. The summed E-state index contributed by atoms with van der Waals surface area (Å²) in [6.07, 6.45) is 6.39. The lowest BCUT2D eigenvalue weighted by Gasteiger charge is -2.23. The lowest BCUT2D eigenvalue weighted by Crippen LogP contribution is -2.38. The first-order valence-corrected chi connectivity index (χ1v) is 10.2. The number of anilines is 1. The van der Waals surface area contributed by atoms with Gasteiger partial charge < -0.3 is 10.5 Å². The number of hydrogen-bond donors (Lipinski definition) is 2. The van der Waals surface area contributed by atoms with E-state index in [1.54, 1.807) is 36.8 Å². The van der Waals surface area contributed by atoms with Crippen molar-refractivity contribution in [3.05, 3.63) is 42.4 Å². The molecule has 1 aliphatic rings. The molecule has 142 valence electrons. The van der Waals surface area contributed by atoms with Gasteiger partial charge in [-0.3, -0.25) is 4.40 Å². The molecule has 1 aromatic carbocycles. The molecular weight excluding hydrogens is 366 g/mol. The van der Waals surface area contributed by atoms with Crippen molar-refractivity contribution in [3.8, 4) is 11.3 Å². The molecule has 9 heteroatoms. The number of aryl methyl sites for hydroxylation is 1. The Kier molecular flexibility index (Phi) is 4.58. The van der Waals surface area contributed by atoms with Gasteiger partial charge in [0.25, 0.3) is 0 Å². The van der Waals surface area contributed by atoms with Crippen molar-refractivity contribution in [2.24, 2.45) is 0 Å². The number of aromatic nitrogens is 3. The van der Waals surface area contributed by atoms with Crippen molar-refractivity contribution in [1.82, 2.24) is 19.1 Å². The molecule has 3 heterocycles. The predicted molar refractivity (Wildman–Crippen MR) is 102 cm³/mol. The highest BCUT2D eigenvalue weighted by Crippen LogP contribution is 2.28. The lowest BCUT2D eigenvalue weighted by atomic mass is 10.1. The maximum absolute atomic E-state index is 12.8. The Morgan fingerprint density at radius 1 is 1.26 bits per heavy atom. The van der Waals surface area contributed by atoms with E-state index < -0.39 is 10.0 Å². The number of rotatable bonds is 4. The van der Waals surface area contributed by atoms with E-state index in [4.69, 9.17) is 10.5 Å². The number of nitrogens with one attached hydrogen (secondary N) is 1. The molecule has 0 amide bonds. The third kappa shape index (κ3) is 3.41. The molecule has 27 heavy (non-hydrogen) atoms. The number of nitrogens with zero attached hydrogens (tertiary/aromatic N) is 3. The molecule has 1 aliphatic heterocycles. The largest absolute Gasteiger partial charge is 0.381 e. The van der Waals surface area contributed by atoms with E-state index in [0.29, 0.717) is 37.5 Å². The molecule has 0 radical (unpaired) electrons. The van der Waals surface area contributed by atoms with E-state index in [-0.39, 0.29) is 10.9 Å². The van der Waals surface area contributed by atoms with Gasteiger partial charge in [-0.1, -0.05) is 6.07 Å². The van der Waals surface area contributed by atoms with Gasteiger partial charge >= 0.3 is 0 Å². The summed E-state index contributed by atoms with van der Waals surface area (Å²) in [7, 11) is -3.62. The van der Waals surface area contributed by atoms with Crippen molar-refractivity contribution < 1.29 is 13.2 Å². The van der Waals surface area contributed by atoms with Crippen LogP contribution in [0, 0.1) is 6.92 Å². The summed E-state index contributed by atoms with van der Waals surface area (Å²) >= 11 is 0. The monoisotopic (exact) mass is 387 g/mol. The summed E-state index contributed by atoms with van der Waals surface area (Å²) in [5.74, 6) is 0.325. The van der Waals surface area contributed by atoms with E-state index in [9.17, 15) is 8.42 Å². The maximum atomic E-state index is 12.8. The Balaban J connectivity index is 1.74. The molecule has 3 aromatic rings. The molecule has 3 N–H and O–H groups in total. The van der Waals surface area contributed by atoms with Crippen molar-refractivity contribution in [2.45, 2.75) is 30.7 Å². The van der Waals surface area contributed by atoms with E-state index in [0.717, 1.165) is 16.8 Å². The standard InChI is InChI=1S/C18H21N5O3S/c1-12-2-3-14(27(24,25)22-13-4-8-26-9-5-13)10-15(12)16-11-21-18-17(19)20-6-7-23(16)18/h2-3,6-7,10-11,13,22H,4-5,8-9H2,1H3,(H2,19,20). The second-order valence-corrected chi connectivity index (χ2v) is 8.35. The van der Waals surface area contributed by atoms with Crippen LogP contribution in [0.5, 0.6) is 0 Å². The minimum absolute atomic E-state index is 0.102. The van der Waals surface area contributed by atoms with Gasteiger partial charge in [-0.25, -0.2) is 23.1 Å². The van der Waals surface area contributed by atoms with Crippen molar-refractivity contribution in [2.75, 3.05) is 18.9 Å². The average molecular weight is 387 g/mol. The van der Waals surface area contributed by atoms with Crippen LogP contribution in [-0.4, -0.2) is 42.0 Å². The van der Waals surface area contributed by atoms with Crippen LogP contribution in [-0.2, 0) is 14.8 Å². The summed E-state index contributed by atoms with van der Waals surface area (Å²) in [6.45, 7) is 3.08. The summed E-state index contributed by atoms with van der Waals surface area (Å²) < 4.78 is 35.6. The van der Waals surface area contributed by atoms with Crippen LogP contribution in [0.1, 0.15) is 18.4 Å². The molecule has 0 atom stereocenters. The minimum atomic E-state index is -3.62. The number of fused-ring (bicyclic) bond motifs is 1. The number of nitrogens with two attached hydrogens (primary N) is 1. The third-order valence-electron chi connectivity index (χ3n) is 4.79. The first-order valence-electron chi connectivity index (χ1n) is 8.74. The Morgan fingerprint density at radius 2 is 2.04 bits per heavy atom. The second-order valence-electron chi connectivity index (χ2n) is 6.63. The van der Waals surface area contributed by atoms with Gasteiger partial charge in [-0.15, -0.1) is 0 Å². The highest BCUT2D eigenvalue weighted by Gasteiger charge is 2.23. The fourth-order valence-corrected chi connectivity index (χ4v) is 4.62. The van der Waals surface area contributed by atoms with Gasteiger partial charge in [0.2, 0.25) is 10.0 Å². The molecule has 1 saturated heterocycles. The summed E-state index contributed by atoms with van der Waals surface area (Å²) in [5, 5.41) is 0. The number of benzene rings is 1. The highest BCUT2D eigenvalue weighted by atomic mass is 32.2. The normalized spacial score (nSPS) is 16.0. The van der Waals surface area contributed by atoms with Gasteiger partial charge in [-0.05, 0) is 37.5 Å². The van der Waals surface area contributed by atoms with Gasteiger partial charge in [0.1, 0.15) is 0 Å². The van der Waals surface area contributed by atoms with E-state index >= 15 is 0 Å². The average Bonchev–Trinajstić information content (AvgIpc) is 3.08. The molecule has 0 unspecified atom stereocenters. The maximum Gasteiger partial charge on any atom is 0.240 e. The quantitative estimate of drug-likeness (QED) is 0.705. The van der Waals surface area contributed by atoms with Crippen LogP contribution in [0.15, 0.2) is 41.7 Å². The van der Waals surface area contributed by atoms with Crippen LogP contribution in [0.4, 0.5) is 5.82 Å². The van der Waals surface area contributed by atoms with Crippen LogP contribution in [0.2, 0.25) is 0 Å². The third-order valence-corrected chi connectivity index (χ3v) is 6.31. The molecule has 0 aliphatic carbocycles. The minimum Gasteiger partial charge on any atom is -0.381 e. The van der Waals surface area contributed by atoms with E-state index in [1.165, 1.54) is 0 Å². The smallest absolute Gasteiger partial charge is 0.240 e. The van der Waals surface area contributed by atoms with E-state index in [1.807, 2.05) is 11.3 Å². The van der Waals surface area contributed by atoms with Crippen LogP contribution in [0.25, 0.3) is 16.9 Å². The first kappa shape index (κ1) is 17.9. The predicted octanol–water partition coefficient (Wildman–Crippen LogP) is 1.74. The second kappa shape index (κ2) is 6.91. The molecule has 0 spiro atoms. The van der Waals surface area contributed by atoms with Gasteiger partial charge in [-0.2, -0.15) is 0 Å². The number of sulfonamides is 1. The summed E-state index contributed by atoms with van der Waals surface area (Å²) in [6, 6.07) is 5.00. The fourth-order valence-electron chi connectivity index (χ4n) is 3.29. The molecule has 8 nitrogen and oxygen atoms in total. The van der Waals surface area contributed by atoms with Crippen molar-refractivity contribution in [3.63, 3.8) is 0 Å². The number of nitrogen functional groups attached to an aromatic ring is 1.